The van der Waals surface area contributed by atoms with Crippen LogP contribution >= 0.6 is 0 Å². The molecule has 0 spiro atoms. The number of carbonyl (C=O) groups excluding carboxylic acids is 1. The highest BCUT2D eigenvalue weighted by Gasteiger charge is 2.11. The third-order valence-corrected chi connectivity index (χ3v) is 3.17. The van der Waals surface area contributed by atoms with Gasteiger partial charge in [-0.1, -0.05) is 6.92 Å². The molecule has 2 aromatic heterocycles. The number of hydrogen-bond donors (Lipinski definition) is 0. The van der Waals surface area contributed by atoms with Crippen molar-refractivity contribution in [2.75, 3.05) is 0 Å². The van der Waals surface area contributed by atoms with Gasteiger partial charge < -0.3 is 4.57 Å². The Labute approximate surface area is 116 Å². The maximum Gasteiger partial charge on any atom is 0.263 e. The second-order valence-electron chi connectivity index (χ2n) is 4.39. The van der Waals surface area contributed by atoms with Crippen LogP contribution in [0.2, 0.25) is 0 Å². The highest BCUT2D eigenvalue weighted by molar-refractivity contribution is 5.96. The first-order valence-electron chi connectivity index (χ1n) is 6.45. The van der Waals surface area contributed by atoms with E-state index < -0.39 is 0 Å². The highest BCUT2D eigenvalue weighted by Crippen LogP contribution is 2.11. The molecular formula is C15H14N4O. The van der Waals surface area contributed by atoms with Crippen molar-refractivity contribution in [1.29, 1.82) is 0 Å². The van der Waals surface area contributed by atoms with E-state index >= 15 is 0 Å². The van der Waals surface area contributed by atoms with Crippen molar-refractivity contribution in [3.63, 3.8) is 0 Å². The fourth-order valence-electron chi connectivity index (χ4n) is 2.11. The summed E-state index contributed by atoms with van der Waals surface area (Å²) in [5.74, 6) is 0.713. The number of nitrogens with zero attached hydrogens (tertiary/aromatic N) is 4. The summed E-state index contributed by atoms with van der Waals surface area (Å²) in [7, 11) is 0. The Morgan fingerprint density at radius 2 is 1.95 bits per heavy atom. The van der Waals surface area contributed by atoms with E-state index in [2.05, 4.69) is 9.97 Å². The number of benzene rings is 1. The second kappa shape index (κ2) is 5.13. The molecule has 0 amide bonds. The third kappa shape index (κ3) is 2.14. The third-order valence-electron chi connectivity index (χ3n) is 3.17. The molecular weight excluding hydrogens is 252 g/mol. The Kier molecular flexibility index (Phi) is 3.16. The predicted octanol–water partition coefficient (Wildman–Crippen LogP) is 2.32. The first-order chi connectivity index (χ1) is 9.79. The highest BCUT2D eigenvalue weighted by atomic mass is 16.2. The van der Waals surface area contributed by atoms with Crippen LogP contribution in [-0.4, -0.2) is 25.0 Å². The molecule has 20 heavy (non-hydrogen) atoms. The minimum atomic E-state index is -0.0588. The van der Waals surface area contributed by atoms with Crippen LogP contribution in [0, 0.1) is 0 Å². The van der Waals surface area contributed by atoms with Crippen molar-refractivity contribution in [3.05, 3.63) is 66.8 Å². The van der Waals surface area contributed by atoms with Gasteiger partial charge in [-0.05, 0) is 24.3 Å². The maximum absolute atomic E-state index is 12.4. The van der Waals surface area contributed by atoms with Crippen molar-refractivity contribution in [2.24, 2.45) is 0 Å². The molecule has 5 heteroatoms. The molecule has 0 bridgehead atoms. The van der Waals surface area contributed by atoms with Crippen molar-refractivity contribution in [3.8, 4) is 5.69 Å². The van der Waals surface area contributed by atoms with Gasteiger partial charge in [-0.15, -0.1) is 0 Å². The van der Waals surface area contributed by atoms with E-state index in [1.165, 1.54) is 0 Å². The lowest BCUT2D eigenvalue weighted by Gasteiger charge is -2.06. The molecule has 3 aromatic rings. The van der Waals surface area contributed by atoms with Crippen molar-refractivity contribution in [2.45, 2.75) is 13.3 Å². The maximum atomic E-state index is 12.4. The second-order valence-corrected chi connectivity index (χ2v) is 4.39. The van der Waals surface area contributed by atoms with Crippen LogP contribution in [0.25, 0.3) is 5.69 Å². The lowest BCUT2D eigenvalue weighted by molar-refractivity contribution is 0.0956. The van der Waals surface area contributed by atoms with E-state index in [1.54, 1.807) is 29.5 Å². The number of imidazole rings is 2. The summed E-state index contributed by atoms with van der Waals surface area (Å²) >= 11 is 0. The fourth-order valence-corrected chi connectivity index (χ4v) is 2.11. The van der Waals surface area contributed by atoms with Crippen molar-refractivity contribution in [1.82, 2.24) is 19.1 Å². The topological polar surface area (TPSA) is 52.7 Å². The summed E-state index contributed by atoms with van der Waals surface area (Å²) in [6, 6.07) is 7.43. The van der Waals surface area contributed by atoms with Gasteiger partial charge in [-0.2, -0.15) is 0 Å². The molecule has 0 radical (unpaired) electrons. The van der Waals surface area contributed by atoms with Gasteiger partial charge in [0.15, 0.2) is 0 Å². The summed E-state index contributed by atoms with van der Waals surface area (Å²) in [4.78, 5) is 20.6. The van der Waals surface area contributed by atoms with Crippen LogP contribution in [0.4, 0.5) is 0 Å². The molecule has 0 aliphatic carbocycles. The zero-order chi connectivity index (χ0) is 13.9. The van der Waals surface area contributed by atoms with E-state index in [4.69, 9.17) is 0 Å². The number of hydrogen-bond acceptors (Lipinski definition) is 3. The van der Waals surface area contributed by atoms with Gasteiger partial charge >= 0.3 is 0 Å². The fraction of sp³-hybridized carbons (Fsp3) is 0.133. The molecule has 0 atom stereocenters. The largest absolute Gasteiger partial charge is 0.306 e. The number of aryl methyl sites for hydroxylation is 1. The van der Waals surface area contributed by atoms with Gasteiger partial charge in [0.1, 0.15) is 5.82 Å². The molecule has 0 saturated heterocycles. The minimum Gasteiger partial charge on any atom is -0.306 e. The van der Waals surface area contributed by atoms with Gasteiger partial charge in [-0.25, -0.2) is 9.97 Å². The van der Waals surface area contributed by atoms with Crippen LogP contribution in [0.15, 0.2) is 55.4 Å². The first kappa shape index (κ1) is 12.3. The molecule has 3 rings (SSSR count). The average molecular weight is 266 g/mol. The molecule has 1 aromatic carbocycles. The Morgan fingerprint density at radius 1 is 1.15 bits per heavy atom. The number of aromatic nitrogens is 4. The molecule has 0 saturated carbocycles. The Hall–Kier alpha value is -2.69. The minimum absolute atomic E-state index is 0.0588. The molecule has 0 N–H and O–H groups in total. The smallest absolute Gasteiger partial charge is 0.263 e. The quantitative estimate of drug-likeness (QED) is 0.731. The van der Waals surface area contributed by atoms with Crippen LogP contribution in [0.1, 0.15) is 23.1 Å². The van der Waals surface area contributed by atoms with Gasteiger partial charge in [0.05, 0.1) is 6.33 Å². The Bertz CT molecular complexity index is 711. The Morgan fingerprint density at radius 3 is 2.60 bits per heavy atom. The average Bonchev–Trinajstić information content (AvgIpc) is 3.17. The van der Waals surface area contributed by atoms with Gasteiger partial charge in [0.25, 0.3) is 5.91 Å². The molecule has 0 unspecified atom stereocenters. The molecule has 0 fully saturated rings. The molecule has 0 aliphatic rings. The molecule has 5 nitrogen and oxygen atoms in total. The van der Waals surface area contributed by atoms with E-state index in [-0.39, 0.29) is 5.91 Å². The van der Waals surface area contributed by atoms with Gasteiger partial charge in [-0.3, -0.25) is 9.36 Å². The monoisotopic (exact) mass is 266 g/mol. The van der Waals surface area contributed by atoms with Crippen molar-refractivity contribution < 1.29 is 4.79 Å². The first-order valence-corrected chi connectivity index (χ1v) is 6.45. The van der Waals surface area contributed by atoms with Crippen LogP contribution < -0.4 is 0 Å². The summed E-state index contributed by atoms with van der Waals surface area (Å²) in [6.07, 6.45) is 9.38. The van der Waals surface area contributed by atoms with Gasteiger partial charge in [0.2, 0.25) is 0 Å². The summed E-state index contributed by atoms with van der Waals surface area (Å²) < 4.78 is 3.48. The summed E-state index contributed by atoms with van der Waals surface area (Å²) in [6.45, 7) is 1.98. The zero-order valence-electron chi connectivity index (χ0n) is 11.1. The molecule has 0 aliphatic heterocycles. The number of rotatable bonds is 3. The van der Waals surface area contributed by atoms with Crippen LogP contribution in [0.5, 0.6) is 0 Å². The molecule has 100 valence electrons. The van der Waals surface area contributed by atoms with Gasteiger partial charge in [0, 0.05) is 42.5 Å². The SMILES string of the molecule is CCc1nccn1C(=O)c1ccc(-n2ccnc2)cc1. The Balaban J connectivity index is 1.90. The van der Waals surface area contributed by atoms with Crippen LogP contribution in [0.3, 0.4) is 0 Å². The van der Waals surface area contributed by atoms with Crippen molar-refractivity contribution >= 4 is 5.91 Å². The van der Waals surface area contributed by atoms with Crippen LogP contribution in [-0.2, 0) is 6.42 Å². The summed E-state index contributed by atoms with van der Waals surface area (Å²) in [5.41, 5.74) is 1.61. The van der Waals surface area contributed by atoms with E-state index in [0.29, 0.717) is 5.56 Å². The lowest BCUT2D eigenvalue weighted by Crippen LogP contribution is -2.14. The molecule has 2 heterocycles. The predicted molar refractivity (Wildman–Crippen MR) is 74.9 cm³/mol. The standard InChI is InChI=1S/C15H14N4O/c1-2-14-17-8-10-19(14)15(20)12-3-5-13(6-4-12)18-9-7-16-11-18/h3-11H,2H2,1H3. The zero-order valence-corrected chi connectivity index (χ0v) is 11.1. The lowest BCUT2D eigenvalue weighted by atomic mass is 10.2. The van der Waals surface area contributed by atoms with E-state index in [9.17, 15) is 4.79 Å². The summed E-state index contributed by atoms with van der Waals surface area (Å²) in [5, 5.41) is 0. The van der Waals surface area contributed by atoms with E-state index in [0.717, 1.165) is 17.9 Å². The number of carbonyl (C=O) groups is 1. The normalized spacial score (nSPS) is 10.7. The van der Waals surface area contributed by atoms with E-state index in [1.807, 2.05) is 42.0 Å².